The first-order valence-electron chi connectivity index (χ1n) is 2.45. The summed E-state index contributed by atoms with van der Waals surface area (Å²) in [6.45, 7) is 0. The van der Waals surface area contributed by atoms with E-state index in [0.717, 1.165) is 0 Å². The molecule has 0 atom stereocenters. The Kier molecular flexibility index (Phi) is 5.92. The predicted molar refractivity (Wildman–Crippen MR) is 49.8 cm³/mol. The number of hydrogen-bond donors (Lipinski definition) is 1. The Morgan fingerprint density at radius 2 is 1.45 bits per heavy atom. The maximum atomic E-state index is 5.67. The molecule has 0 heterocycles. The molecule has 0 amide bonds. The number of benzene rings is 1. The van der Waals surface area contributed by atoms with Crippen LogP contribution in [0.3, 0.4) is 0 Å². The Hall–Kier alpha value is 1.44. The summed E-state index contributed by atoms with van der Waals surface area (Å²) in [5.74, 6) is 0. The zero-order chi connectivity index (χ0) is 7.72. The second kappa shape index (κ2) is 5.23. The third-order valence-electron chi connectivity index (χ3n) is 0.990. The Labute approximate surface area is 109 Å². The molecule has 0 spiro atoms. The molecule has 0 aromatic heterocycles. The van der Waals surface area contributed by atoms with Crippen molar-refractivity contribution in [3.05, 3.63) is 27.2 Å². The molecule has 0 aliphatic carbocycles. The summed E-state index contributed by atoms with van der Waals surface area (Å²) < 4.78 is 0. The van der Waals surface area contributed by atoms with Crippen LogP contribution in [0.2, 0.25) is 15.1 Å². The maximum Gasteiger partial charge on any atom is 1.00 e. The van der Waals surface area contributed by atoms with Crippen LogP contribution in [0.15, 0.2) is 17.0 Å². The monoisotopic (exact) mass is 236 g/mol. The molecule has 0 unspecified atom stereocenters. The number of rotatable bonds is 0. The largest absolute Gasteiger partial charge is 1.00 e. The average molecular weight is 238 g/mol. The fourth-order valence-corrected chi connectivity index (χ4v) is 1.33. The van der Waals surface area contributed by atoms with E-state index in [-0.39, 0.29) is 31.0 Å². The Balaban J connectivity index is 0. The van der Waals surface area contributed by atoms with Gasteiger partial charge in [-0.1, -0.05) is 34.8 Å². The molecule has 0 fully saturated rings. The predicted octanol–water partition coefficient (Wildman–Crippen LogP) is 1.05. The molecule has 0 saturated carbocycles. The molecule has 56 valence electrons. The fraction of sp³-hybridized carbons (Fsp3) is 0. The van der Waals surface area contributed by atoms with Gasteiger partial charge >= 0.3 is 29.6 Å². The van der Waals surface area contributed by atoms with Crippen LogP contribution in [0.5, 0.6) is 0 Å². The van der Waals surface area contributed by atoms with Gasteiger partial charge in [0.25, 0.3) is 0 Å². The van der Waals surface area contributed by atoms with Crippen molar-refractivity contribution in [1.29, 1.82) is 0 Å². The molecule has 5 heteroatoms. The maximum absolute atomic E-state index is 5.67. The first-order chi connectivity index (χ1) is 4.61. The molecule has 0 radical (unpaired) electrons. The molecule has 11 heavy (non-hydrogen) atoms. The van der Waals surface area contributed by atoms with Crippen molar-refractivity contribution in [3.63, 3.8) is 0 Å². The van der Waals surface area contributed by atoms with E-state index < -0.39 is 0 Å². The van der Waals surface area contributed by atoms with Crippen molar-refractivity contribution >= 4 is 47.4 Å². The van der Waals surface area contributed by atoms with Gasteiger partial charge in [-0.15, -0.1) is 12.6 Å². The van der Waals surface area contributed by atoms with Gasteiger partial charge in [-0.3, -0.25) is 0 Å². The molecule has 1 aromatic rings. The van der Waals surface area contributed by atoms with Crippen LogP contribution in [0.4, 0.5) is 0 Å². The van der Waals surface area contributed by atoms with Gasteiger partial charge in [-0.2, -0.15) is 0 Å². The quantitative estimate of drug-likeness (QED) is 0.389. The summed E-state index contributed by atoms with van der Waals surface area (Å²) in [4.78, 5) is 0.635. The Morgan fingerprint density at radius 3 is 1.91 bits per heavy atom. The summed E-state index contributed by atoms with van der Waals surface area (Å²) >= 11 is 21.0. The normalized spacial score (nSPS) is 9.09. The topological polar surface area (TPSA) is 0 Å². The minimum absolute atomic E-state index is 0. The average Bonchev–Trinajstić information content (AvgIpc) is 1.84. The van der Waals surface area contributed by atoms with Crippen LogP contribution in [0.25, 0.3) is 0 Å². The van der Waals surface area contributed by atoms with E-state index in [1.165, 1.54) is 0 Å². The molecule has 0 bridgehead atoms. The van der Waals surface area contributed by atoms with E-state index in [9.17, 15) is 0 Å². The standard InChI is InChI=1S/C6H3Cl3S.Na.H/c7-3-1-5(9)6(10)2-4(3)8;;/h1-2,10H;;/q;+1;-1. The van der Waals surface area contributed by atoms with Crippen molar-refractivity contribution in [3.8, 4) is 0 Å². The smallest absolute Gasteiger partial charge is 1.00 e. The van der Waals surface area contributed by atoms with Gasteiger partial charge in [0.2, 0.25) is 0 Å². The Bertz CT molecular complexity index is 219. The fourth-order valence-electron chi connectivity index (χ4n) is 0.512. The summed E-state index contributed by atoms with van der Waals surface area (Å²) in [6, 6.07) is 3.17. The molecule has 0 nitrogen and oxygen atoms in total. The minimum atomic E-state index is 0. The van der Waals surface area contributed by atoms with Crippen LogP contribution in [-0.4, -0.2) is 0 Å². The SMILES string of the molecule is Sc1cc(Cl)c(Cl)cc1Cl.[H-].[Na+]. The summed E-state index contributed by atoms with van der Waals surface area (Å²) in [6.07, 6.45) is 0. The van der Waals surface area contributed by atoms with Gasteiger partial charge in [0.05, 0.1) is 15.1 Å². The first-order valence-corrected chi connectivity index (χ1v) is 4.03. The van der Waals surface area contributed by atoms with Gasteiger partial charge < -0.3 is 1.43 Å². The van der Waals surface area contributed by atoms with Crippen LogP contribution in [0, 0.1) is 0 Å². The molecule has 0 saturated heterocycles. The van der Waals surface area contributed by atoms with E-state index in [2.05, 4.69) is 12.6 Å². The second-order valence-corrected chi connectivity index (χ2v) is 3.42. The van der Waals surface area contributed by atoms with Crippen LogP contribution in [0.1, 0.15) is 1.43 Å². The van der Waals surface area contributed by atoms with Crippen molar-refractivity contribution in [2.24, 2.45) is 0 Å². The first kappa shape index (κ1) is 12.4. The molecule has 0 aliphatic heterocycles. The van der Waals surface area contributed by atoms with Crippen LogP contribution < -0.4 is 29.6 Å². The van der Waals surface area contributed by atoms with E-state index in [1.54, 1.807) is 12.1 Å². The zero-order valence-electron chi connectivity index (χ0n) is 6.74. The number of hydrogen-bond acceptors (Lipinski definition) is 1. The van der Waals surface area contributed by atoms with Gasteiger partial charge in [0.1, 0.15) is 0 Å². The van der Waals surface area contributed by atoms with Crippen LogP contribution >= 0.6 is 47.4 Å². The minimum Gasteiger partial charge on any atom is -1.00 e. The van der Waals surface area contributed by atoms with Crippen LogP contribution in [-0.2, 0) is 0 Å². The summed E-state index contributed by atoms with van der Waals surface area (Å²) in [5.41, 5.74) is 0. The second-order valence-electron chi connectivity index (χ2n) is 1.72. The summed E-state index contributed by atoms with van der Waals surface area (Å²) in [5, 5.41) is 1.43. The van der Waals surface area contributed by atoms with E-state index in [1.807, 2.05) is 0 Å². The van der Waals surface area contributed by atoms with E-state index in [4.69, 9.17) is 34.8 Å². The molecule has 1 aromatic carbocycles. The third kappa shape index (κ3) is 3.35. The van der Waals surface area contributed by atoms with Crippen molar-refractivity contribution in [2.45, 2.75) is 4.90 Å². The molecule has 1 rings (SSSR count). The molecular weight excluding hydrogens is 233 g/mol. The number of thiol groups is 1. The molecular formula is C6H4Cl3NaS. The molecule has 0 aliphatic rings. The van der Waals surface area contributed by atoms with E-state index >= 15 is 0 Å². The van der Waals surface area contributed by atoms with Gasteiger partial charge in [-0.05, 0) is 12.1 Å². The van der Waals surface area contributed by atoms with Crippen molar-refractivity contribution in [2.75, 3.05) is 0 Å². The third-order valence-corrected chi connectivity index (χ3v) is 2.53. The van der Waals surface area contributed by atoms with Crippen molar-refractivity contribution < 1.29 is 31.0 Å². The van der Waals surface area contributed by atoms with Gasteiger partial charge in [-0.25, -0.2) is 0 Å². The summed E-state index contributed by atoms with van der Waals surface area (Å²) in [7, 11) is 0. The van der Waals surface area contributed by atoms with E-state index in [0.29, 0.717) is 20.0 Å². The number of halogens is 3. The molecule has 0 N–H and O–H groups in total. The van der Waals surface area contributed by atoms with Gasteiger partial charge in [0, 0.05) is 4.90 Å². The van der Waals surface area contributed by atoms with Gasteiger partial charge in [0.15, 0.2) is 0 Å². The Morgan fingerprint density at radius 1 is 1.00 bits per heavy atom. The van der Waals surface area contributed by atoms with Crippen molar-refractivity contribution in [1.82, 2.24) is 0 Å². The zero-order valence-corrected chi connectivity index (χ0v) is 10.9.